The second kappa shape index (κ2) is 9.25. The van der Waals surface area contributed by atoms with Crippen LogP contribution in [0.25, 0.3) is 0 Å². The number of amides is 1. The fraction of sp³-hybridized carbons (Fsp3) is 0.385. The van der Waals surface area contributed by atoms with Crippen molar-refractivity contribution in [3.63, 3.8) is 0 Å². The first-order chi connectivity index (χ1) is 16.4. The number of hydrogen-bond donors (Lipinski definition) is 1. The highest BCUT2D eigenvalue weighted by Gasteiger charge is 2.40. The molecular formula is C26H28F3N4O+. The van der Waals surface area contributed by atoms with E-state index < -0.39 is 11.9 Å². The molecule has 1 aliphatic heterocycles. The zero-order valence-corrected chi connectivity index (χ0v) is 18.9. The van der Waals surface area contributed by atoms with E-state index in [1.165, 1.54) is 20.7 Å². The summed E-state index contributed by atoms with van der Waals surface area (Å²) < 4.78 is 41.4. The minimum Gasteiger partial charge on any atom is -0.330 e. The highest BCUT2D eigenvalue weighted by molar-refractivity contribution is 5.76. The second-order valence-corrected chi connectivity index (χ2v) is 9.08. The monoisotopic (exact) mass is 469 g/mol. The van der Waals surface area contributed by atoms with E-state index in [4.69, 9.17) is 0 Å². The molecule has 34 heavy (non-hydrogen) atoms. The molecule has 0 spiro atoms. The smallest absolute Gasteiger partial charge is 0.330 e. The summed E-state index contributed by atoms with van der Waals surface area (Å²) in [6.07, 6.45) is -2.89. The number of rotatable bonds is 5. The Balaban J connectivity index is 1.28. The maximum absolute atomic E-state index is 13.4. The largest absolute Gasteiger partial charge is 0.435 e. The first-order valence-corrected chi connectivity index (χ1v) is 11.8. The molecule has 2 aliphatic rings. The van der Waals surface area contributed by atoms with Crippen molar-refractivity contribution in [2.75, 3.05) is 26.2 Å². The van der Waals surface area contributed by atoms with Gasteiger partial charge < -0.3 is 9.80 Å². The predicted molar refractivity (Wildman–Crippen MR) is 121 cm³/mol. The number of alkyl halides is 3. The number of quaternary nitrogens is 1. The Hall–Kier alpha value is -3.13. The van der Waals surface area contributed by atoms with Crippen LogP contribution in [0.1, 0.15) is 40.5 Å². The van der Waals surface area contributed by atoms with Crippen molar-refractivity contribution >= 4 is 5.91 Å². The fourth-order valence-electron chi connectivity index (χ4n) is 5.38. The molecule has 1 fully saturated rings. The molecular weight excluding hydrogens is 441 g/mol. The molecule has 5 rings (SSSR count). The number of carbonyl (C=O) groups is 1. The van der Waals surface area contributed by atoms with E-state index in [-0.39, 0.29) is 24.1 Å². The van der Waals surface area contributed by atoms with Gasteiger partial charge in [0.15, 0.2) is 5.69 Å². The van der Waals surface area contributed by atoms with Crippen LogP contribution in [0.3, 0.4) is 0 Å². The molecule has 0 bridgehead atoms. The summed E-state index contributed by atoms with van der Waals surface area (Å²) in [7, 11) is 0. The molecule has 5 nitrogen and oxygen atoms in total. The van der Waals surface area contributed by atoms with E-state index >= 15 is 0 Å². The highest BCUT2D eigenvalue weighted by atomic mass is 19.4. The number of piperazine rings is 1. The van der Waals surface area contributed by atoms with E-state index in [1.807, 2.05) is 36.4 Å². The first-order valence-electron chi connectivity index (χ1n) is 11.8. The lowest BCUT2D eigenvalue weighted by molar-refractivity contribution is -0.929. The van der Waals surface area contributed by atoms with Gasteiger partial charge in [0, 0.05) is 22.4 Å². The maximum atomic E-state index is 13.4. The third-order valence-corrected chi connectivity index (χ3v) is 6.99. The average Bonchev–Trinajstić information content (AvgIpc) is 3.45. The molecule has 0 radical (unpaired) electrons. The number of halogens is 3. The fourth-order valence-corrected chi connectivity index (χ4v) is 5.38. The van der Waals surface area contributed by atoms with Gasteiger partial charge in [-0.3, -0.25) is 9.48 Å². The van der Waals surface area contributed by atoms with Crippen LogP contribution in [-0.4, -0.2) is 46.8 Å². The Labute approximate surface area is 196 Å². The molecule has 0 atom stereocenters. The van der Waals surface area contributed by atoms with Crippen LogP contribution in [0.4, 0.5) is 13.2 Å². The topological polar surface area (TPSA) is 42.6 Å². The van der Waals surface area contributed by atoms with Crippen LogP contribution in [0.5, 0.6) is 0 Å². The van der Waals surface area contributed by atoms with Gasteiger partial charge in [-0.25, -0.2) is 0 Å². The Bertz CT molecular complexity index is 1100. The van der Waals surface area contributed by atoms with Gasteiger partial charge in [0.25, 0.3) is 0 Å². The summed E-state index contributed by atoms with van der Waals surface area (Å²) in [5.74, 6) is -0.166. The molecule has 3 aromatic rings. The van der Waals surface area contributed by atoms with Crippen molar-refractivity contribution in [1.29, 1.82) is 0 Å². The van der Waals surface area contributed by atoms with Crippen molar-refractivity contribution in [3.8, 4) is 0 Å². The third kappa shape index (κ3) is 4.46. The van der Waals surface area contributed by atoms with Crippen molar-refractivity contribution in [3.05, 3.63) is 88.7 Å². The number of hydrogen-bond acceptors (Lipinski definition) is 2. The number of nitrogens with one attached hydrogen (secondary N) is 1. The van der Waals surface area contributed by atoms with Gasteiger partial charge in [0.1, 0.15) is 12.6 Å². The predicted octanol–water partition coefficient (Wildman–Crippen LogP) is 2.91. The van der Waals surface area contributed by atoms with Crippen LogP contribution >= 0.6 is 0 Å². The molecule has 178 valence electrons. The number of benzene rings is 2. The Morgan fingerprint density at radius 2 is 1.53 bits per heavy atom. The lowest BCUT2D eigenvalue weighted by atomic mass is 9.96. The quantitative estimate of drug-likeness (QED) is 0.625. The maximum Gasteiger partial charge on any atom is 0.435 e. The van der Waals surface area contributed by atoms with Crippen LogP contribution in [-0.2, 0) is 30.4 Å². The Kier molecular flexibility index (Phi) is 6.16. The summed E-state index contributed by atoms with van der Waals surface area (Å²) >= 11 is 0. The Morgan fingerprint density at radius 3 is 2.09 bits per heavy atom. The van der Waals surface area contributed by atoms with Crippen LogP contribution in [0.2, 0.25) is 0 Å². The molecule has 1 N–H and O–H groups in total. The van der Waals surface area contributed by atoms with E-state index in [0.29, 0.717) is 38.0 Å². The molecule has 2 heterocycles. The average molecular weight is 470 g/mol. The molecule has 1 aliphatic carbocycles. The molecule has 1 aromatic heterocycles. The lowest BCUT2D eigenvalue weighted by Crippen LogP contribution is -3.15. The standard InChI is InChI=1S/C26H27F3N4O/c27-26(28,29)25-21-12-7-13-22(21)33(30-25)18-23(34)31-14-16-32(17-15-31)24(19-8-3-1-4-9-19)20-10-5-2-6-11-20/h1-6,8-11,24H,7,12-18H2/p+1. The number of aromatic nitrogens is 2. The molecule has 1 saturated heterocycles. The van der Waals surface area contributed by atoms with Gasteiger partial charge in [-0.1, -0.05) is 60.7 Å². The molecule has 2 aromatic carbocycles. The van der Waals surface area contributed by atoms with Crippen molar-refractivity contribution in [2.45, 2.75) is 38.0 Å². The minimum absolute atomic E-state index is 0.130. The summed E-state index contributed by atoms with van der Waals surface area (Å²) in [6, 6.07) is 20.9. The first kappa shape index (κ1) is 22.7. The van der Waals surface area contributed by atoms with Gasteiger partial charge >= 0.3 is 6.18 Å². The van der Waals surface area contributed by atoms with Gasteiger partial charge in [0.2, 0.25) is 5.91 Å². The molecule has 8 heteroatoms. The summed E-state index contributed by atoms with van der Waals surface area (Å²) in [6.45, 7) is 2.55. The van der Waals surface area contributed by atoms with Gasteiger partial charge in [-0.05, 0) is 19.3 Å². The number of nitrogens with zero attached hydrogens (tertiary/aromatic N) is 3. The van der Waals surface area contributed by atoms with Crippen molar-refractivity contribution < 1.29 is 22.9 Å². The lowest BCUT2D eigenvalue weighted by Gasteiger charge is -2.37. The number of fused-ring (bicyclic) bond motifs is 1. The Morgan fingerprint density at radius 1 is 0.941 bits per heavy atom. The van der Waals surface area contributed by atoms with E-state index in [1.54, 1.807) is 4.90 Å². The second-order valence-electron chi connectivity index (χ2n) is 9.08. The third-order valence-electron chi connectivity index (χ3n) is 6.99. The van der Waals surface area contributed by atoms with Crippen molar-refractivity contribution in [1.82, 2.24) is 14.7 Å². The zero-order chi connectivity index (χ0) is 23.7. The van der Waals surface area contributed by atoms with Crippen LogP contribution in [0.15, 0.2) is 60.7 Å². The normalized spacial score (nSPS) is 16.8. The summed E-state index contributed by atoms with van der Waals surface area (Å²) in [5.41, 5.74) is 2.47. The van der Waals surface area contributed by atoms with Crippen molar-refractivity contribution in [2.24, 2.45) is 0 Å². The molecule has 0 unspecified atom stereocenters. The van der Waals surface area contributed by atoms with Gasteiger partial charge in [-0.15, -0.1) is 0 Å². The van der Waals surface area contributed by atoms with Crippen LogP contribution < -0.4 is 4.90 Å². The summed E-state index contributed by atoms with van der Waals surface area (Å²) in [5, 5.41) is 3.80. The minimum atomic E-state index is -4.48. The van der Waals surface area contributed by atoms with E-state index in [9.17, 15) is 18.0 Å². The molecule has 1 amide bonds. The zero-order valence-electron chi connectivity index (χ0n) is 18.9. The highest BCUT2D eigenvalue weighted by Crippen LogP contribution is 2.36. The van der Waals surface area contributed by atoms with Gasteiger partial charge in [-0.2, -0.15) is 18.3 Å². The van der Waals surface area contributed by atoms with E-state index in [2.05, 4.69) is 29.4 Å². The SMILES string of the molecule is O=C(Cn1nc(C(F)(F)F)c2c1CCC2)N1CC[NH+](C(c2ccccc2)c2ccccc2)CC1. The van der Waals surface area contributed by atoms with Crippen LogP contribution in [0, 0.1) is 0 Å². The molecule has 0 saturated carbocycles. The van der Waals surface area contributed by atoms with E-state index in [0.717, 1.165) is 13.1 Å². The van der Waals surface area contributed by atoms with Gasteiger partial charge in [0.05, 0.1) is 26.2 Å². The number of carbonyl (C=O) groups excluding carboxylic acids is 1. The summed E-state index contributed by atoms with van der Waals surface area (Å²) in [4.78, 5) is 16.2.